The molecular weight excluding hydrogens is 356 g/mol. The number of hydrogen-bond donors (Lipinski definition) is 2. The summed E-state index contributed by atoms with van der Waals surface area (Å²) in [6, 6.07) is 17.0. The summed E-state index contributed by atoms with van der Waals surface area (Å²) in [6.45, 7) is 0.265. The molecule has 3 aromatic rings. The lowest BCUT2D eigenvalue weighted by molar-refractivity contribution is -0.125. The lowest BCUT2D eigenvalue weighted by Crippen LogP contribution is -2.36. The van der Waals surface area contributed by atoms with Crippen LogP contribution in [0.1, 0.15) is 12.1 Å². The molecule has 7 nitrogen and oxygen atoms in total. The second-order valence-corrected chi connectivity index (χ2v) is 6.48. The van der Waals surface area contributed by atoms with Gasteiger partial charge >= 0.3 is 6.03 Å². The van der Waals surface area contributed by atoms with Gasteiger partial charge < -0.3 is 10.6 Å². The highest BCUT2D eigenvalue weighted by Crippen LogP contribution is 2.29. The molecule has 140 valence electrons. The van der Waals surface area contributed by atoms with Crippen LogP contribution >= 0.6 is 0 Å². The summed E-state index contributed by atoms with van der Waals surface area (Å²) in [7, 11) is 0. The molecule has 0 radical (unpaired) electrons. The summed E-state index contributed by atoms with van der Waals surface area (Å²) in [5.41, 5.74) is 1.23. The van der Waals surface area contributed by atoms with Crippen molar-refractivity contribution in [3.63, 3.8) is 0 Å². The monoisotopic (exact) mass is 374 g/mol. The summed E-state index contributed by atoms with van der Waals surface area (Å²) in [5.74, 6) is -0.765. The third-order valence-corrected chi connectivity index (χ3v) is 4.61. The average Bonchev–Trinajstić information content (AvgIpc) is 2.99. The molecule has 1 fully saturated rings. The van der Waals surface area contributed by atoms with E-state index in [2.05, 4.69) is 15.6 Å². The van der Waals surface area contributed by atoms with Crippen molar-refractivity contribution in [1.82, 2.24) is 15.6 Å². The number of fused-ring (bicyclic) bond motifs is 1. The molecule has 1 aliphatic heterocycles. The first kappa shape index (κ1) is 17.7. The van der Waals surface area contributed by atoms with Crippen molar-refractivity contribution in [3.05, 3.63) is 72.6 Å². The largest absolute Gasteiger partial charge is 0.350 e. The third-order valence-electron chi connectivity index (χ3n) is 4.61. The first-order valence-electron chi connectivity index (χ1n) is 8.92. The Morgan fingerprint density at radius 2 is 1.82 bits per heavy atom. The molecule has 0 spiro atoms. The van der Waals surface area contributed by atoms with Gasteiger partial charge in [0.2, 0.25) is 5.91 Å². The predicted molar refractivity (Wildman–Crippen MR) is 104 cm³/mol. The lowest BCUT2D eigenvalue weighted by atomic mass is 10.1. The zero-order valence-corrected chi connectivity index (χ0v) is 15.0. The number of carbonyl (C=O) groups excluding carboxylic acids is 3. The summed E-state index contributed by atoms with van der Waals surface area (Å²) < 4.78 is 0. The molecule has 0 saturated carbocycles. The molecule has 2 aromatic carbocycles. The smallest absolute Gasteiger partial charge is 0.329 e. The van der Waals surface area contributed by atoms with Gasteiger partial charge in [0.25, 0.3) is 5.91 Å². The highest BCUT2D eigenvalue weighted by molar-refractivity contribution is 6.24. The van der Waals surface area contributed by atoms with E-state index in [4.69, 9.17) is 0 Å². The molecule has 0 aliphatic carbocycles. The minimum atomic E-state index is -0.893. The number of pyridine rings is 1. The molecule has 7 heteroatoms. The van der Waals surface area contributed by atoms with Crippen LogP contribution in [0.15, 0.2) is 66.9 Å². The van der Waals surface area contributed by atoms with Crippen LogP contribution in [0.25, 0.3) is 10.8 Å². The van der Waals surface area contributed by atoms with Crippen LogP contribution in [0.3, 0.4) is 0 Å². The maximum absolute atomic E-state index is 12.8. The Bertz CT molecular complexity index is 1050. The summed E-state index contributed by atoms with van der Waals surface area (Å²) in [5, 5.41) is 7.06. The first-order chi connectivity index (χ1) is 13.6. The molecule has 4 amide bonds. The minimum absolute atomic E-state index is 0.126. The third kappa shape index (κ3) is 3.42. The number of carbonyl (C=O) groups is 3. The fourth-order valence-corrected chi connectivity index (χ4v) is 3.25. The Kier molecular flexibility index (Phi) is 4.72. The zero-order valence-electron chi connectivity index (χ0n) is 15.0. The van der Waals surface area contributed by atoms with Gasteiger partial charge in [0.05, 0.1) is 24.3 Å². The molecule has 1 unspecified atom stereocenters. The SMILES string of the molecule is O=C(CC1NC(=O)N(c2cccc3ccccc23)C1=O)NCc1ccccn1. The maximum Gasteiger partial charge on any atom is 0.329 e. The van der Waals surface area contributed by atoms with E-state index in [0.717, 1.165) is 21.4 Å². The molecule has 28 heavy (non-hydrogen) atoms. The van der Waals surface area contributed by atoms with Crippen LogP contribution in [0.5, 0.6) is 0 Å². The quantitative estimate of drug-likeness (QED) is 0.671. The van der Waals surface area contributed by atoms with Gasteiger partial charge in [-0.1, -0.05) is 42.5 Å². The number of nitrogens with zero attached hydrogens (tertiary/aromatic N) is 2. The predicted octanol–water partition coefficient (Wildman–Crippen LogP) is 2.37. The van der Waals surface area contributed by atoms with E-state index in [0.29, 0.717) is 5.69 Å². The fourth-order valence-electron chi connectivity index (χ4n) is 3.25. The van der Waals surface area contributed by atoms with Gasteiger partial charge in [-0.2, -0.15) is 0 Å². The van der Waals surface area contributed by atoms with E-state index in [1.165, 1.54) is 0 Å². The molecule has 1 atom stereocenters. The molecule has 2 heterocycles. The van der Waals surface area contributed by atoms with Gasteiger partial charge in [-0.25, -0.2) is 9.69 Å². The highest BCUT2D eigenvalue weighted by Gasteiger charge is 2.40. The zero-order chi connectivity index (χ0) is 19.5. The Morgan fingerprint density at radius 3 is 2.64 bits per heavy atom. The van der Waals surface area contributed by atoms with Crippen molar-refractivity contribution in [1.29, 1.82) is 0 Å². The number of hydrogen-bond acceptors (Lipinski definition) is 4. The normalized spacial score (nSPS) is 16.3. The number of aromatic nitrogens is 1. The molecule has 4 rings (SSSR count). The van der Waals surface area contributed by atoms with Crippen LogP contribution in [0.4, 0.5) is 10.5 Å². The molecule has 1 saturated heterocycles. The van der Waals surface area contributed by atoms with E-state index in [9.17, 15) is 14.4 Å². The molecule has 1 aliphatic rings. The Hall–Kier alpha value is -3.74. The number of urea groups is 1. The molecule has 2 N–H and O–H groups in total. The van der Waals surface area contributed by atoms with E-state index in [1.54, 1.807) is 30.5 Å². The second kappa shape index (κ2) is 7.48. The van der Waals surface area contributed by atoms with Crippen LogP contribution in [-0.2, 0) is 16.1 Å². The number of amides is 4. The van der Waals surface area contributed by atoms with Crippen molar-refractivity contribution in [2.45, 2.75) is 19.0 Å². The number of imide groups is 1. The average molecular weight is 374 g/mol. The van der Waals surface area contributed by atoms with Crippen LogP contribution in [0.2, 0.25) is 0 Å². The van der Waals surface area contributed by atoms with Crippen LogP contribution in [0, 0.1) is 0 Å². The van der Waals surface area contributed by atoms with Gasteiger partial charge in [-0.05, 0) is 23.6 Å². The highest BCUT2D eigenvalue weighted by atomic mass is 16.2. The molecular formula is C21H18N4O3. The maximum atomic E-state index is 12.8. The number of anilines is 1. The van der Waals surface area contributed by atoms with Gasteiger partial charge in [-0.3, -0.25) is 14.6 Å². The first-order valence-corrected chi connectivity index (χ1v) is 8.92. The van der Waals surface area contributed by atoms with E-state index in [-0.39, 0.29) is 18.9 Å². The summed E-state index contributed by atoms with van der Waals surface area (Å²) >= 11 is 0. The minimum Gasteiger partial charge on any atom is -0.350 e. The lowest BCUT2D eigenvalue weighted by Gasteiger charge is -2.15. The van der Waals surface area contributed by atoms with E-state index in [1.807, 2.05) is 36.4 Å². The standard InChI is InChI=1S/C21H18N4O3/c26-19(23-13-15-8-3-4-11-22-15)12-17-20(27)25(21(28)24-17)18-10-5-7-14-6-1-2-9-16(14)18/h1-11,17H,12-13H2,(H,23,26)(H,24,28). The Labute approximate surface area is 161 Å². The topological polar surface area (TPSA) is 91.4 Å². The van der Waals surface area contributed by atoms with Gasteiger partial charge in [-0.15, -0.1) is 0 Å². The van der Waals surface area contributed by atoms with Gasteiger partial charge in [0.15, 0.2) is 0 Å². The summed E-state index contributed by atoms with van der Waals surface area (Å²) in [6.07, 6.45) is 1.52. The number of rotatable bonds is 5. The molecule has 0 bridgehead atoms. The van der Waals surface area contributed by atoms with Crippen molar-refractivity contribution in [3.8, 4) is 0 Å². The van der Waals surface area contributed by atoms with E-state index >= 15 is 0 Å². The fraction of sp³-hybridized carbons (Fsp3) is 0.143. The van der Waals surface area contributed by atoms with E-state index < -0.39 is 18.0 Å². The molecule has 1 aromatic heterocycles. The van der Waals surface area contributed by atoms with Crippen LogP contribution < -0.4 is 15.5 Å². The number of benzene rings is 2. The summed E-state index contributed by atoms with van der Waals surface area (Å²) in [4.78, 5) is 42.7. The second-order valence-electron chi connectivity index (χ2n) is 6.48. The van der Waals surface area contributed by atoms with Gasteiger partial charge in [0.1, 0.15) is 6.04 Å². The van der Waals surface area contributed by atoms with Crippen molar-refractivity contribution in [2.75, 3.05) is 4.90 Å². The van der Waals surface area contributed by atoms with Crippen molar-refractivity contribution < 1.29 is 14.4 Å². The number of nitrogens with one attached hydrogen (secondary N) is 2. The van der Waals surface area contributed by atoms with Crippen LogP contribution in [-0.4, -0.2) is 28.9 Å². The Balaban J connectivity index is 1.47. The van der Waals surface area contributed by atoms with Gasteiger partial charge in [0, 0.05) is 11.6 Å². The van der Waals surface area contributed by atoms with Crippen molar-refractivity contribution in [2.24, 2.45) is 0 Å². The van der Waals surface area contributed by atoms with Crippen molar-refractivity contribution >= 4 is 34.3 Å². The Morgan fingerprint density at radius 1 is 1.04 bits per heavy atom.